The second-order valence-corrected chi connectivity index (χ2v) is 4.48. The third-order valence-electron chi connectivity index (χ3n) is 2.46. The molecule has 12 heteroatoms. The number of aromatic nitrogens is 3. The smallest absolute Gasteiger partial charge is 0.344 e. The van der Waals surface area contributed by atoms with Crippen molar-refractivity contribution in [1.29, 1.82) is 0 Å². The van der Waals surface area contributed by atoms with Gasteiger partial charge in [-0.15, -0.1) is 15.0 Å². The highest BCUT2D eigenvalue weighted by molar-refractivity contribution is 5.72. The minimum absolute atomic E-state index is 0.528. The van der Waals surface area contributed by atoms with Gasteiger partial charge in [-0.25, -0.2) is 14.4 Å². The lowest BCUT2D eigenvalue weighted by Crippen LogP contribution is -2.27. The van der Waals surface area contributed by atoms with E-state index in [9.17, 15) is 14.4 Å². The molecule has 0 fully saturated rings. The van der Waals surface area contributed by atoms with Crippen LogP contribution in [-0.2, 0) is 14.4 Å². The van der Waals surface area contributed by atoms with Gasteiger partial charge in [0.25, 0.3) is 0 Å². The maximum Gasteiger partial charge on any atom is 0.344 e. The van der Waals surface area contributed by atoms with E-state index in [1.54, 1.807) is 0 Å². The summed E-state index contributed by atoms with van der Waals surface area (Å²) < 4.78 is 14.8. The van der Waals surface area contributed by atoms with Crippen LogP contribution in [0.5, 0.6) is 18.0 Å². The predicted molar refractivity (Wildman–Crippen MR) is 73.0 cm³/mol. The van der Waals surface area contributed by atoms with Crippen LogP contribution in [0.4, 0.5) is 0 Å². The SMILES string of the molecule is CC(Oc1nc(OC(C)C(=O)O)nc(OC(C)C(=O)O)n1)C(=O)O. The molecule has 132 valence electrons. The minimum atomic E-state index is -1.33. The van der Waals surface area contributed by atoms with Crippen LogP contribution < -0.4 is 14.2 Å². The van der Waals surface area contributed by atoms with Crippen molar-refractivity contribution in [1.82, 2.24) is 15.0 Å². The van der Waals surface area contributed by atoms with Crippen LogP contribution in [0.25, 0.3) is 0 Å². The molecule has 0 saturated carbocycles. The predicted octanol–water partition coefficient (Wildman–Crippen LogP) is -0.573. The Kier molecular flexibility index (Phi) is 6.21. The van der Waals surface area contributed by atoms with Gasteiger partial charge < -0.3 is 29.5 Å². The summed E-state index contributed by atoms with van der Waals surface area (Å²) in [6, 6.07) is -1.58. The first kappa shape index (κ1) is 18.9. The van der Waals surface area contributed by atoms with Gasteiger partial charge in [-0.3, -0.25) is 0 Å². The van der Waals surface area contributed by atoms with Crippen molar-refractivity contribution in [2.75, 3.05) is 0 Å². The molecule has 0 aliphatic carbocycles. The average molecular weight is 345 g/mol. The third kappa shape index (κ3) is 5.55. The summed E-state index contributed by atoms with van der Waals surface area (Å²) in [7, 11) is 0. The van der Waals surface area contributed by atoms with E-state index in [4.69, 9.17) is 29.5 Å². The molecule has 3 unspecified atom stereocenters. The highest BCUT2D eigenvalue weighted by Crippen LogP contribution is 2.18. The summed E-state index contributed by atoms with van der Waals surface area (Å²) in [5.74, 6) is -3.92. The molecule has 3 atom stereocenters. The van der Waals surface area contributed by atoms with Gasteiger partial charge in [0.15, 0.2) is 18.3 Å². The Bertz CT molecular complexity index is 538. The Balaban J connectivity index is 3.10. The molecule has 0 aliphatic rings. The van der Waals surface area contributed by atoms with Gasteiger partial charge >= 0.3 is 35.9 Å². The summed E-state index contributed by atoms with van der Waals surface area (Å²) in [6.45, 7) is 3.60. The zero-order valence-electron chi connectivity index (χ0n) is 12.9. The van der Waals surface area contributed by atoms with E-state index in [0.29, 0.717) is 0 Å². The maximum absolute atomic E-state index is 10.8. The highest BCUT2D eigenvalue weighted by Gasteiger charge is 2.22. The van der Waals surface area contributed by atoms with E-state index in [2.05, 4.69) is 15.0 Å². The first-order valence-corrected chi connectivity index (χ1v) is 6.54. The molecule has 0 aromatic carbocycles. The number of hydrogen-bond donors (Lipinski definition) is 3. The fraction of sp³-hybridized carbons (Fsp3) is 0.500. The minimum Gasteiger partial charge on any atom is -0.479 e. The Morgan fingerprint density at radius 1 is 0.667 bits per heavy atom. The lowest BCUT2D eigenvalue weighted by atomic mass is 10.4. The Morgan fingerprint density at radius 2 is 0.875 bits per heavy atom. The van der Waals surface area contributed by atoms with Crippen LogP contribution in [0.15, 0.2) is 0 Å². The van der Waals surface area contributed by atoms with E-state index in [0.717, 1.165) is 0 Å². The first-order valence-electron chi connectivity index (χ1n) is 6.54. The highest BCUT2D eigenvalue weighted by atomic mass is 16.6. The van der Waals surface area contributed by atoms with E-state index in [1.807, 2.05) is 0 Å². The number of carboxylic acids is 3. The zero-order chi connectivity index (χ0) is 18.4. The maximum atomic E-state index is 10.8. The summed E-state index contributed by atoms with van der Waals surface area (Å²) in [5, 5.41) is 26.4. The molecular weight excluding hydrogens is 330 g/mol. The molecule has 1 aromatic rings. The summed E-state index contributed by atoms with van der Waals surface area (Å²) in [4.78, 5) is 43.2. The van der Waals surface area contributed by atoms with Gasteiger partial charge in [0.1, 0.15) is 0 Å². The molecule has 0 radical (unpaired) electrons. The summed E-state index contributed by atoms with van der Waals surface area (Å²) in [6.07, 6.45) is -3.99. The second-order valence-electron chi connectivity index (χ2n) is 4.48. The molecule has 0 aliphatic heterocycles. The fourth-order valence-corrected chi connectivity index (χ4v) is 1.10. The normalized spacial score (nSPS) is 14.1. The van der Waals surface area contributed by atoms with Crippen molar-refractivity contribution in [3.63, 3.8) is 0 Å². The Labute approximate surface area is 135 Å². The van der Waals surface area contributed by atoms with E-state index >= 15 is 0 Å². The van der Waals surface area contributed by atoms with Crippen molar-refractivity contribution in [2.24, 2.45) is 0 Å². The largest absolute Gasteiger partial charge is 0.479 e. The molecule has 0 saturated heterocycles. The number of carboxylic acid groups (broad SMARTS) is 3. The average Bonchev–Trinajstić information content (AvgIpc) is 2.46. The van der Waals surface area contributed by atoms with Crippen LogP contribution in [0, 0.1) is 0 Å². The molecule has 0 spiro atoms. The number of nitrogens with zero attached hydrogens (tertiary/aromatic N) is 3. The van der Waals surface area contributed by atoms with Crippen LogP contribution in [0.2, 0.25) is 0 Å². The van der Waals surface area contributed by atoms with Crippen LogP contribution in [-0.4, -0.2) is 66.5 Å². The second kappa shape index (κ2) is 7.89. The van der Waals surface area contributed by atoms with Crippen molar-refractivity contribution < 1.29 is 43.9 Å². The Morgan fingerprint density at radius 3 is 1.04 bits per heavy atom. The number of ether oxygens (including phenoxy) is 3. The van der Waals surface area contributed by atoms with Crippen molar-refractivity contribution in [3.05, 3.63) is 0 Å². The number of carbonyl (C=O) groups is 3. The lowest BCUT2D eigenvalue weighted by Gasteiger charge is -2.14. The summed E-state index contributed by atoms with van der Waals surface area (Å²) >= 11 is 0. The first-order chi connectivity index (χ1) is 11.1. The van der Waals surface area contributed by atoms with Crippen molar-refractivity contribution >= 4 is 17.9 Å². The van der Waals surface area contributed by atoms with Gasteiger partial charge in [-0.05, 0) is 20.8 Å². The topological polar surface area (TPSA) is 178 Å². The molecule has 3 N–H and O–H groups in total. The molecular formula is C12H15N3O9. The number of rotatable bonds is 9. The van der Waals surface area contributed by atoms with Gasteiger partial charge in [-0.1, -0.05) is 0 Å². The molecule has 0 bridgehead atoms. The zero-order valence-corrected chi connectivity index (χ0v) is 12.9. The van der Waals surface area contributed by atoms with Crippen LogP contribution in [0.1, 0.15) is 20.8 Å². The fourth-order valence-electron chi connectivity index (χ4n) is 1.10. The Hall–Kier alpha value is -3.18. The standard InChI is InChI=1S/C12H15N3O9/c1-4(7(16)17)22-10-13-11(23-5(2)8(18)19)15-12(14-10)24-6(3)9(20)21/h4-6H,1-3H3,(H,16,17)(H,18,19)(H,20,21). The van der Waals surface area contributed by atoms with E-state index in [1.165, 1.54) is 20.8 Å². The monoisotopic (exact) mass is 345 g/mol. The van der Waals surface area contributed by atoms with E-state index in [-0.39, 0.29) is 0 Å². The van der Waals surface area contributed by atoms with Gasteiger partial charge in [0, 0.05) is 0 Å². The molecule has 1 rings (SSSR count). The number of aliphatic carboxylic acids is 3. The molecule has 1 aromatic heterocycles. The lowest BCUT2D eigenvalue weighted by molar-refractivity contribution is -0.144. The number of hydrogen-bond acceptors (Lipinski definition) is 9. The molecule has 1 heterocycles. The molecule has 12 nitrogen and oxygen atoms in total. The van der Waals surface area contributed by atoms with Crippen LogP contribution >= 0.6 is 0 Å². The quantitative estimate of drug-likeness (QED) is 0.519. The van der Waals surface area contributed by atoms with Gasteiger partial charge in [-0.2, -0.15) is 0 Å². The van der Waals surface area contributed by atoms with Crippen molar-refractivity contribution in [2.45, 2.75) is 39.1 Å². The van der Waals surface area contributed by atoms with Gasteiger partial charge in [0.2, 0.25) is 0 Å². The molecule has 0 amide bonds. The summed E-state index contributed by atoms with van der Waals surface area (Å²) in [5.41, 5.74) is 0. The van der Waals surface area contributed by atoms with Gasteiger partial charge in [0.05, 0.1) is 0 Å². The third-order valence-corrected chi connectivity index (χ3v) is 2.46. The van der Waals surface area contributed by atoms with Crippen LogP contribution in [0.3, 0.4) is 0 Å². The van der Waals surface area contributed by atoms with Crippen molar-refractivity contribution in [3.8, 4) is 18.0 Å². The molecule has 24 heavy (non-hydrogen) atoms. The van der Waals surface area contributed by atoms with E-state index < -0.39 is 54.3 Å².